The SMILES string of the molecule is CCOc1ccc([C@@H](C(=O)NC2CCCCC2)N(C(=O)CCCC(=O)Nc2ccccn2)c2cc(OC)ccc2OC)cc1. The van der Waals surface area contributed by atoms with Gasteiger partial charge in [-0.3, -0.25) is 19.3 Å². The number of benzene rings is 2. The number of nitrogens with zero attached hydrogens (tertiary/aromatic N) is 2. The second-order valence-electron chi connectivity index (χ2n) is 10.7. The molecule has 10 heteroatoms. The van der Waals surface area contributed by atoms with E-state index in [9.17, 15) is 14.4 Å². The van der Waals surface area contributed by atoms with E-state index in [1.54, 1.807) is 54.7 Å². The van der Waals surface area contributed by atoms with Crippen LogP contribution in [0.25, 0.3) is 0 Å². The fourth-order valence-corrected chi connectivity index (χ4v) is 5.42. The Morgan fingerprint density at radius 3 is 2.34 bits per heavy atom. The molecule has 4 rings (SSSR count). The van der Waals surface area contributed by atoms with Gasteiger partial charge in [0.1, 0.15) is 29.1 Å². The molecule has 0 spiro atoms. The van der Waals surface area contributed by atoms with Crippen LogP contribution in [0.15, 0.2) is 66.9 Å². The number of hydrogen-bond donors (Lipinski definition) is 2. The van der Waals surface area contributed by atoms with Crippen molar-refractivity contribution in [3.63, 3.8) is 0 Å². The van der Waals surface area contributed by atoms with Crippen molar-refractivity contribution in [2.75, 3.05) is 31.0 Å². The van der Waals surface area contributed by atoms with Gasteiger partial charge in [0.2, 0.25) is 17.7 Å². The number of hydrogen-bond acceptors (Lipinski definition) is 7. The molecule has 1 aromatic heterocycles. The molecule has 44 heavy (non-hydrogen) atoms. The van der Waals surface area contributed by atoms with Crippen LogP contribution >= 0.6 is 0 Å². The summed E-state index contributed by atoms with van der Waals surface area (Å²) in [6.45, 7) is 2.41. The molecule has 1 saturated carbocycles. The molecule has 0 saturated heterocycles. The highest BCUT2D eigenvalue weighted by molar-refractivity contribution is 6.03. The number of rotatable bonds is 14. The lowest BCUT2D eigenvalue weighted by molar-refractivity contribution is -0.127. The van der Waals surface area contributed by atoms with Gasteiger partial charge in [-0.05, 0) is 68.1 Å². The van der Waals surface area contributed by atoms with E-state index >= 15 is 0 Å². The first-order valence-electron chi connectivity index (χ1n) is 15.2. The van der Waals surface area contributed by atoms with Gasteiger partial charge < -0.3 is 24.8 Å². The third-order valence-corrected chi connectivity index (χ3v) is 7.61. The molecule has 1 aliphatic rings. The summed E-state index contributed by atoms with van der Waals surface area (Å²) in [5, 5.41) is 5.97. The Labute approximate surface area is 259 Å². The Bertz CT molecular complexity index is 1380. The van der Waals surface area contributed by atoms with E-state index in [1.807, 2.05) is 19.1 Å². The van der Waals surface area contributed by atoms with E-state index in [1.165, 1.54) is 19.1 Å². The summed E-state index contributed by atoms with van der Waals surface area (Å²) in [5.41, 5.74) is 1.01. The van der Waals surface area contributed by atoms with Crippen LogP contribution in [0.4, 0.5) is 11.5 Å². The molecular weight excluding hydrogens is 560 g/mol. The van der Waals surface area contributed by atoms with Crippen LogP contribution in [0, 0.1) is 0 Å². The van der Waals surface area contributed by atoms with Gasteiger partial charge in [0, 0.05) is 31.1 Å². The molecular formula is C34H42N4O6. The molecule has 1 aliphatic carbocycles. The molecule has 0 unspecified atom stereocenters. The van der Waals surface area contributed by atoms with Crippen molar-refractivity contribution in [2.45, 2.75) is 70.4 Å². The van der Waals surface area contributed by atoms with Crippen LogP contribution in [0.2, 0.25) is 0 Å². The minimum Gasteiger partial charge on any atom is -0.497 e. The van der Waals surface area contributed by atoms with Gasteiger partial charge >= 0.3 is 0 Å². The van der Waals surface area contributed by atoms with Gasteiger partial charge in [0.15, 0.2) is 0 Å². The summed E-state index contributed by atoms with van der Waals surface area (Å²) >= 11 is 0. The predicted molar refractivity (Wildman–Crippen MR) is 169 cm³/mol. The van der Waals surface area contributed by atoms with Gasteiger partial charge in [-0.15, -0.1) is 0 Å². The summed E-state index contributed by atoms with van der Waals surface area (Å²) in [4.78, 5) is 46.6. The number of methoxy groups -OCH3 is 2. The second-order valence-corrected chi connectivity index (χ2v) is 10.7. The number of carbonyl (C=O) groups is 3. The zero-order valence-electron chi connectivity index (χ0n) is 25.7. The van der Waals surface area contributed by atoms with Gasteiger partial charge in [0.25, 0.3) is 0 Å². The lowest BCUT2D eigenvalue weighted by atomic mass is 9.94. The van der Waals surface area contributed by atoms with E-state index in [0.29, 0.717) is 40.9 Å². The van der Waals surface area contributed by atoms with Crippen LogP contribution in [0.3, 0.4) is 0 Å². The van der Waals surface area contributed by atoms with E-state index in [0.717, 1.165) is 32.1 Å². The molecule has 2 aromatic carbocycles. The highest BCUT2D eigenvalue weighted by Crippen LogP contribution is 2.39. The summed E-state index contributed by atoms with van der Waals surface area (Å²) in [6.07, 6.45) is 7.00. The fourth-order valence-electron chi connectivity index (χ4n) is 5.42. The standard InChI is InChI=1S/C34H42N4O6/c1-4-44-26-18-16-24(17-19-26)33(34(41)36-25-11-6-5-7-12-25)38(28-23-27(42-2)20-21-29(28)43-3)32(40)15-10-14-31(39)37-30-13-8-9-22-35-30/h8-9,13,16-23,25,33H,4-7,10-12,14-15H2,1-3H3,(H,36,41)(H,35,37,39)/t33-/m0/s1. The maximum atomic E-state index is 14.2. The minimum atomic E-state index is -1.01. The quantitative estimate of drug-likeness (QED) is 0.238. The van der Waals surface area contributed by atoms with Crippen molar-refractivity contribution in [3.8, 4) is 17.2 Å². The molecule has 10 nitrogen and oxygen atoms in total. The zero-order valence-corrected chi connectivity index (χ0v) is 25.7. The number of ether oxygens (including phenoxy) is 3. The van der Waals surface area contributed by atoms with Crippen molar-refractivity contribution >= 4 is 29.2 Å². The van der Waals surface area contributed by atoms with Gasteiger partial charge in [-0.2, -0.15) is 0 Å². The van der Waals surface area contributed by atoms with Crippen LogP contribution < -0.4 is 29.7 Å². The third-order valence-electron chi connectivity index (χ3n) is 7.61. The van der Waals surface area contributed by atoms with Crippen molar-refractivity contribution in [3.05, 3.63) is 72.4 Å². The first kappa shape index (κ1) is 32.3. The number of nitrogens with one attached hydrogen (secondary N) is 2. The molecule has 1 heterocycles. The predicted octanol–water partition coefficient (Wildman–Crippen LogP) is 5.83. The Kier molecular flexibility index (Phi) is 12.0. The highest BCUT2D eigenvalue weighted by atomic mass is 16.5. The Morgan fingerprint density at radius 1 is 0.932 bits per heavy atom. The Morgan fingerprint density at radius 2 is 1.68 bits per heavy atom. The van der Waals surface area contributed by atoms with Crippen LogP contribution in [0.1, 0.15) is 69.9 Å². The number of carbonyl (C=O) groups excluding carboxylic acids is 3. The normalized spacial score (nSPS) is 13.8. The number of amides is 3. The van der Waals surface area contributed by atoms with Crippen molar-refractivity contribution in [1.29, 1.82) is 0 Å². The number of pyridine rings is 1. The van der Waals surface area contributed by atoms with E-state index in [2.05, 4.69) is 15.6 Å². The molecule has 0 aliphatic heterocycles. The van der Waals surface area contributed by atoms with E-state index in [-0.39, 0.29) is 43.0 Å². The summed E-state index contributed by atoms with van der Waals surface area (Å²) in [6, 6.07) is 16.6. The highest BCUT2D eigenvalue weighted by Gasteiger charge is 2.35. The van der Waals surface area contributed by atoms with E-state index in [4.69, 9.17) is 14.2 Å². The maximum absolute atomic E-state index is 14.2. The molecule has 234 valence electrons. The maximum Gasteiger partial charge on any atom is 0.248 e. The lowest BCUT2D eigenvalue weighted by Crippen LogP contribution is -2.47. The van der Waals surface area contributed by atoms with Gasteiger partial charge in [-0.25, -0.2) is 4.98 Å². The topological polar surface area (TPSA) is 119 Å². The van der Waals surface area contributed by atoms with Crippen LogP contribution in [0.5, 0.6) is 17.2 Å². The Hall–Kier alpha value is -4.60. The van der Waals surface area contributed by atoms with E-state index < -0.39 is 6.04 Å². The second kappa shape index (κ2) is 16.3. The zero-order chi connectivity index (χ0) is 31.3. The van der Waals surface area contributed by atoms with Crippen molar-refractivity contribution < 1.29 is 28.6 Å². The third kappa shape index (κ3) is 8.72. The molecule has 0 radical (unpaired) electrons. The number of aromatic nitrogens is 1. The first-order chi connectivity index (χ1) is 21.4. The number of anilines is 2. The largest absolute Gasteiger partial charge is 0.497 e. The monoisotopic (exact) mass is 602 g/mol. The summed E-state index contributed by atoms with van der Waals surface area (Å²) in [7, 11) is 3.06. The average molecular weight is 603 g/mol. The molecule has 1 fully saturated rings. The van der Waals surface area contributed by atoms with Crippen molar-refractivity contribution in [2.24, 2.45) is 0 Å². The molecule has 3 amide bonds. The summed E-state index contributed by atoms with van der Waals surface area (Å²) < 4.78 is 16.8. The minimum absolute atomic E-state index is 0.0141. The smallest absolute Gasteiger partial charge is 0.248 e. The van der Waals surface area contributed by atoms with Crippen LogP contribution in [-0.2, 0) is 14.4 Å². The average Bonchev–Trinajstić information content (AvgIpc) is 3.04. The van der Waals surface area contributed by atoms with Gasteiger partial charge in [0.05, 0.1) is 26.5 Å². The molecule has 1 atom stereocenters. The van der Waals surface area contributed by atoms with Gasteiger partial charge in [-0.1, -0.05) is 37.5 Å². The van der Waals surface area contributed by atoms with Crippen molar-refractivity contribution in [1.82, 2.24) is 10.3 Å². The Balaban J connectivity index is 1.68. The molecule has 0 bridgehead atoms. The van der Waals surface area contributed by atoms with Crippen LogP contribution in [-0.4, -0.2) is 49.6 Å². The molecule has 3 aromatic rings. The summed E-state index contributed by atoms with van der Waals surface area (Å²) in [5.74, 6) is 1.16. The first-order valence-corrected chi connectivity index (χ1v) is 15.2. The molecule has 2 N–H and O–H groups in total. The lowest BCUT2D eigenvalue weighted by Gasteiger charge is -2.34. The fraction of sp³-hybridized carbons (Fsp3) is 0.412.